The Morgan fingerprint density at radius 2 is 1.63 bits per heavy atom. The zero-order valence-corrected chi connectivity index (χ0v) is 19.1. The molecule has 1 aliphatic rings. The minimum absolute atomic E-state index is 0.0767. The molecule has 0 saturated carbocycles. The molecule has 6 heteroatoms. The molecule has 3 aromatic rings. The van der Waals surface area contributed by atoms with Crippen molar-refractivity contribution in [2.45, 2.75) is 13.8 Å². The average Bonchev–Trinajstić information content (AvgIpc) is 3.17. The molecule has 0 unspecified atom stereocenters. The summed E-state index contributed by atoms with van der Waals surface area (Å²) in [6, 6.07) is 20.2. The molecule has 4 nitrogen and oxygen atoms in total. The number of anilines is 2. The van der Waals surface area contributed by atoms with Crippen LogP contribution in [-0.2, 0) is 4.79 Å². The molecule has 1 amide bonds. The number of thioether (sulfide) groups is 1. The molecule has 1 saturated heterocycles. The second-order valence-corrected chi connectivity index (χ2v) is 9.10. The molecule has 1 aromatic heterocycles. The fraction of sp³-hybridized carbons (Fsp3) is 0.167. The van der Waals surface area contributed by atoms with Gasteiger partial charge in [-0.3, -0.25) is 9.69 Å². The Hall–Kier alpha value is -2.83. The number of hydrogen-bond acceptors (Lipinski definition) is 4. The lowest BCUT2D eigenvalue weighted by Crippen LogP contribution is -2.27. The molecular formula is C24H23N3OS2. The largest absolute Gasteiger partial charge is 0.378 e. The van der Waals surface area contributed by atoms with Gasteiger partial charge in [0.15, 0.2) is 4.32 Å². The first kappa shape index (κ1) is 20.4. The number of amides is 1. The Balaban J connectivity index is 1.66. The van der Waals surface area contributed by atoms with E-state index in [1.807, 2.05) is 67.5 Å². The van der Waals surface area contributed by atoms with E-state index in [9.17, 15) is 4.79 Å². The summed E-state index contributed by atoms with van der Waals surface area (Å²) >= 11 is 6.88. The van der Waals surface area contributed by atoms with Gasteiger partial charge >= 0.3 is 0 Å². The van der Waals surface area contributed by atoms with Crippen molar-refractivity contribution >= 4 is 51.7 Å². The molecule has 1 fully saturated rings. The first-order valence-electron chi connectivity index (χ1n) is 9.66. The standard InChI is InChI=1S/C24H23N3OS2/c1-16-14-18(17(2)26(16)20-8-6-5-7-9-20)15-22-23(28)27(24(29)30-22)21-12-10-19(11-13-21)25(3)4/h5-15H,1-4H3/b22-15+. The van der Waals surface area contributed by atoms with Gasteiger partial charge in [0.25, 0.3) is 5.91 Å². The number of rotatable bonds is 4. The van der Waals surface area contributed by atoms with E-state index in [-0.39, 0.29) is 5.91 Å². The van der Waals surface area contributed by atoms with Gasteiger partial charge in [0.1, 0.15) is 0 Å². The van der Waals surface area contributed by atoms with Gasteiger partial charge in [-0.2, -0.15) is 0 Å². The van der Waals surface area contributed by atoms with Crippen LogP contribution >= 0.6 is 24.0 Å². The fourth-order valence-electron chi connectivity index (χ4n) is 3.64. The second-order valence-electron chi connectivity index (χ2n) is 7.43. The molecule has 152 valence electrons. The van der Waals surface area contributed by atoms with Crippen LogP contribution in [0.3, 0.4) is 0 Å². The third kappa shape index (κ3) is 3.68. The number of aryl methyl sites for hydroxylation is 1. The maximum absolute atomic E-state index is 13.1. The highest BCUT2D eigenvalue weighted by Crippen LogP contribution is 2.37. The van der Waals surface area contributed by atoms with Gasteiger partial charge < -0.3 is 9.47 Å². The summed E-state index contributed by atoms with van der Waals surface area (Å²) < 4.78 is 2.76. The normalized spacial score (nSPS) is 15.3. The molecule has 4 rings (SSSR count). The van der Waals surface area contributed by atoms with E-state index in [2.05, 4.69) is 36.6 Å². The van der Waals surface area contributed by atoms with Crippen LogP contribution in [0.25, 0.3) is 11.8 Å². The number of thiocarbonyl (C=S) groups is 1. The van der Waals surface area contributed by atoms with Crippen LogP contribution in [0.15, 0.2) is 65.6 Å². The molecule has 0 spiro atoms. The number of carbonyl (C=O) groups excluding carboxylic acids is 1. The van der Waals surface area contributed by atoms with Gasteiger partial charge in [0.2, 0.25) is 0 Å². The highest BCUT2D eigenvalue weighted by atomic mass is 32.2. The lowest BCUT2D eigenvalue weighted by atomic mass is 10.2. The van der Waals surface area contributed by atoms with Crippen molar-refractivity contribution in [3.8, 4) is 5.69 Å². The topological polar surface area (TPSA) is 28.5 Å². The van der Waals surface area contributed by atoms with Crippen LogP contribution < -0.4 is 9.80 Å². The number of aromatic nitrogens is 1. The Morgan fingerprint density at radius 3 is 2.27 bits per heavy atom. The summed E-state index contributed by atoms with van der Waals surface area (Å²) in [5.41, 5.74) is 6.23. The summed E-state index contributed by atoms with van der Waals surface area (Å²) in [5, 5.41) is 0. The molecular weight excluding hydrogens is 410 g/mol. The fourth-order valence-corrected chi connectivity index (χ4v) is 4.93. The van der Waals surface area contributed by atoms with Gasteiger partial charge in [0.05, 0.1) is 10.6 Å². The van der Waals surface area contributed by atoms with Gasteiger partial charge in [-0.25, -0.2) is 0 Å². The highest BCUT2D eigenvalue weighted by Gasteiger charge is 2.33. The molecule has 0 atom stereocenters. The molecule has 30 heavy (non-hydrogen) atoms. The first-order valence-corrected chi connectivity index (χ1v) is 10.9. The van der Waals surface area contributed by atoms with E-state index in [0.29, 0.717) is 9.23 Å². The first-order chi connectivity index (χ1) is 14.4. The predicted molar refractivity (Wildman–Crippen MR) is 132 cm³/mol. The van der Waals surface area contributed by atoms with Crippen molar-refractivity contribution in [3.63, 3.8) is 0 Å². The van der Waals surface area contributed by atoms with Crippen LogP contribution in [0.4, 0.5) is 11.4 Å². The van der Waals surface area contributed by atoms with Crippen LogP contribution in [0.1, 0.15) is 17.0 Å². The molecule has 2 heterocycles. The quantitative estimate of drug-likeness (QED) is 0.397. The van der Waals surface area contributed by atoms with E-state index in [1.54, 1.807) is 4.90 Å². The SMILES string of the molecule is Cc1cc(/C=C2/SC(=S)N(c3ccc(N(C)C)cc3)C2=O)c(C)n1-c1ccccc1. The van der Waals surface area contributed by atoms with E-state index >= 15 is 0 Å². The predicted octanol–water partition coefficient (Wildman–Crippen LogP) is 5.57. The van der Waals surface area contributed by atoms with Crippen molar-refractivity contribution in [2.75, 3.05) is 23.9 Å². The monoisotopic (exact) mass is 433 g/mol. The summed E-state index contributed by atoms with van der Waals surface area (Å²) in [6.45, 7) is 4.15. The van der Waals surface area contributed by atoms with E-state index in [1.165, 1.54) is 11.8 Å². The zero-order chi connectivity index (χ0) is 21.4. The van der Waals surface area contributed by atoms with Crippen LogP contribution in [0.5, 0.6) is 0 Å². The number of para-hydroxylation sites is 1. The lowest BCUT2D eigenvalue weighted by molar-refractivity contribution is -0.113. The zero-order valence-electron chi connectivity index (χ0n) is 17.4. The maximum atomic E-state index is 13.1. The smallest absolute Gasteiger partial charge is 0.270 e. The summed E-state index contributed by atoms with van der Waals surface area (Å²) in [5.74, 6) is -0.0767. The molecule has 1 aliphatic heterocycles. The van der Waals surface area contributed by atoms with Crippen LogP contribution in [0, 0.1) is 13.8 Å². The van der Waals surface area contributed by atoms with Crippen molar-refractivity contribution in [1.82, 2.24) is 4.57 Å². The maximum Gasteiger partial charge on any atom is 0.270 e. The van der Waals surface area contributed by atoms with E-state index < -0.39 is 0 Å². The van der Waals surface area contributed by atoms with Crippen LogP contribution in [0.2, 0.25) is 0 Å². The van der Waals surface area contributed by atoms with Crippen LogP contribution in [-0.4, -0.2) is 28.9 Å². The van der Waals surface area contributed by atoms with Crippen molar-refractivity contribution in [3.05, 3.63) is 82.5 Å². The molecule has 0 bridgehead atoms. The molecule has 0 aliphatic carbocycles. The molecule has 2 aromatic carbocycles. The number of nitrogens with zero attached hydrogens (tertiary/aromatic N) is 3. The minimum atomic E-state index is -0.0767. The van der Waals surface area contributed by atoms with Gasteiger partial charge in [-0.15, -0.1) is 0 Å². The van der Waals surface area contributed by atoms with E-state index in [4.69, 9.17) is 12.2 Å². The molecule has 0 radical (unpaired) electrons. The number of benzene rings is 2. The van der Waals surface area contributed by atoms with Gasteiger partial charge in [-0.05, 0) is 68.0 Å². The van der Waals surface area contributed by atoms with Crippen molar-refractivity contribution in [1.29, 1.82) is 0 Å². The third-order valence-corrected chi connectivity index (χ3v) is 6.49. The van der Waals surface area contributed by atoms with Gasteiger partial charge in [-0.1, -0.05) is 42.2 Å². The molecule has 0 N–H and O–H groups in total. The lowest BCUT2D eigenvalue weighted by Gasteiger charge is -2.17. The van der Waals surface area contributed by atoms with Gasteiger partial charge in [0, 0.05) is 36.9 Å². The Bertz CT molecular complexity index is 1150. The average molecular weight is 434 g/mol. The number of hydrogen-bond donors (Lipinski definition) is 0. The number of carbonyl (C=O) groups is 1. The second kappa shape index (κ2) is 8.13. The summed E-state index contributed by atoms with van der Waals surface area (Å²) in [4.78, 5) is 17.4. The van der Waals surface area contributed by atoms with E-state index in [0.717, 1.165) is 34.0 Å². The Labute approximate surface area is 186 Å². The van der Waals surface area contributed by atoms with Crippen molar-refractivity contribution in [2.24, 2.45) is 0 Å². The third-order valence-electron chi connectivity index (χ3n) is 5.19. The Kier molecular flexibility index (Phi) is 5.54. The Morgan fingerprint density at radius 1 is 0.967 bits per heavy atom. The summed E-state index contributed by atoms with van der Waals surface area (Å²) in [7, 11) is 3.98. The summed E-state index contributed by atoms with van der Waals surface area (Å²) in [6.07, 6.45) is 1.95. The highest BCUT2D eigenvalue weighted by molar-refractivity contribution is 8.27. The minimum Gasteiger partial charge on any atom is -0.378 e. The van der Waals surface area contributed by atoms with Crippen molar-refractivity contribution < 1.29 is 4.79 Å².